The highest BCUT2D eigenvalue weighted by molar-refractivity contribution is 5.91. The van der Waals surface area contributed by atoms with Crippen LogP contribution in [0.15, 0.2) is 54.6 Å². The summed E-state index contributed by atoms with van der Waals surface area (Å²) in [6, 6.07) is 15.1. The van der Waals surface area contributed by atoms with Gasteiger partial charge in [0.2, 0.25) is 5.91 Å². The average molecular weight is 311 g/mol. The number of hydrogen-bond donors (Lipinski definition) is 1. The molecular formula is C19H21NO3. The predicted molar refractivity (Wildman–Crippen MR) is 91.6 cm³/mol. The second-order valence-corrected chi connectivity index (χ2v) is 5.11. The first-order valence-corrected chi connectivity index (χ1v) is 7.39. The van der Waals surface area contributed by atoms with Crippen LogP contribution in [0.3, 0.4) is 0 Å². The van der Waals surface area contributed by atoms with E-state index in [1.807, 2.05) is 55.5 Å². The van der Waals surface area contributed by atoms with Gasteiger partial charge in [-0.1, -0.05) is 24.3 Å². The summed E-state index contributed by atoms with van der Waals surface area (Å²) in [6.07, 6.45) is 3.30. The molecule has 23 heavy (non-hydrogen) atoms. The lowest BCUT2D eigenvalue weighted by molar-refractivity contribution is -0.117. The molecule has 0 saturated carbocycles. The maximum absolute atomic E-state index is 12.0. The molecule has 0 saturated heterocycles. The second-order valence-electron chi connectivity index (χ2n) is 5.11. The Hall–Kier alpha value is -2.75. The first kappa shape index (κ1) is 16.6. The molecule has 0 aliphatic heterocycles. The Morgan fingerprint density at radius 1 is 0.957 bits per heavy atom. The zero-order valence-corrected chi connectivity index (χ0v) is 13.6. The highest BCUT2D eigenvalue weighted by Gasteiger charge is 2.07. The molecule has 0 fully saturated rings. The van der Waals surface area contributed by atoms with Crippen LogP contribution in [-0.4, -0.2) is 20.1 Å². The number of carbonyl (C=O) groups excluding carboxylic acids is 1. The Labute approximate surface area is 136 Å². The smallest absolute Gasteiger partial charge is 0.244 e. The summed E-state index contributed by atoms with van der Waals surface area (Å²) in [5.41, 5.74) is 1.97. The van der Waals surface area contributed by atoms with Crippen LogP contribution < -0.4 is 14.8 Å². The molecule has 0 aliphatic carbocycles. The summed E-state index contributed by atoms with van der Waals surface area (Å²) >= 11 is 0. The van der Waals surface area contributed by atoms with Crippen molar-refractivity contribution in [3.05, 3.63) is 65.7 Å². The lowest BCUT2D eigenvalue weighted by Gasteiger charge is -2.13. The van der Waals surface area contributed by atoms with Crippen molar-refractivity contribution in [3.63, 3.8) is 0 Å². The van der Waals surface area contributed by atoms with E-state index in [0.29, 0.717) is 0 Å². The zero-order valence-electron chi connectivity index (χ0n) is 13.6. The Bertz CT molecular complexity index is 660. The molecule has 2 rings (SSSR count). The van der Waals surface area contributed by atoms with Gasteiger partial charge in [0.15, 0.2) is 0 Å². The Morgan fingerprint density at radius 2 is 1.48 bits per heavy atom. The first-order valence-electron chi connectivity index (χ1n) is 7.39. The number of benzene rings is 2. The fourth-order valence-corrected chi connectivity index (χ4v) is 2.12. The summed E-state index contributed by atoms with van der Waals surface area (Å²) in [6.45, 7) is 1.95. The highest BCUT2D eigenvalue weighted by atomic mass is 16.5. The Morgan fingerprint density at radius 3 is 2.00 bits per heavy atom. The Balaban J connectivity index is 1.93. The van der Waals surface area contributed by atoms with Gasteiger partial charge >= 0.3 is 0 Å². The quantitative estimate of drug-likeness (QED) is 0.829. The van der Waals surface area contributed by atoms with Crippen molar-refractivity contribution in [3.8, 4) is 11.5 Å². The van der Waals surface area contributed by atoms with Crippen LogP contribution in [0.5, 0.6) is 11.5 Å². The van der Waals surface area contributed by atoms with Crippen LogP contribution >= 0.6 is 0 Å². The predicted octanol–water partition coefficient (Wildman–Crippen LogP) is 3.59. The van der Waals surface area contributed by atoms with E-state index in [0.717, 1.165) is 22.6 Å². The summed E-state index contributed by atoms with van der Waals surface area (Å²) in [7, 11) is 3.25. The van der Waals surface area contributed by atoms with Crippen molar-refractivity contribution in [2.45, 2.75) is 13.0 Å². The van der Waals surface area contributed by atoms with Gasteiger partial charge in [-0.05, 0) is 48.4 Å². The molecule has 2 aromatic rings. The van der Waals surface area contributed by atoms with Crippen LogP contribution in [0.25, 0.3) is 6.08 Å². The van der Waals surface area contributed by atoms with Crippen molar-refractivity contribution in [1.29, 1.82) is 0 Å². The molecule has 0 heterocycles. The summed E-state index contributed by atoms with van der Waals surface area (Å²) in [5, 5.41) is 2.94. The molecule has 0 aliphatic rings. The molecule has 1 atom stereocenters. The van der Waals surface area contributed by atoms with Crippen molar-refractivity contribution in [1.82, 2.24) is 5.32 Å². The van der Waals surface area contributed by atoms with Gasteiger partial charge in [0.05, 0.1) is 20.3 Å². The molecular weight excluding hydrogens is 290 g/mol. The van der Waals surface area contributed by atoms with Crippen molar-refractivity contribution in [2.24, 2.45) is 0 Å². The topological polar surface area (TPSA) is 47.6 Å². The molecule has 1 amide bonds. The molecule has 2 aromatic carbocycles. The largest absolute Gasteiger partial charge is 0.497 e. The molecule has 0 spiro atoms. The molecule has 0 radical (unpaired) electrons. The summed E-state index contributed by atoms with van der Waals surface area (Å²) < 4.78 is 10.2. The monoisotopic (exact) mass is 311 g/mol. The summed E-state index contributed by atoms with van der Waals surface area (Å²) in [4.78, 5) is 12.0. The first-order chi connectivity index (χ1) is 11.1. The van der Waals surface area contributed by atoms with Crippen molar-refractivity contribution >= 4 is 12.0 Å². The van der Waals surface area contributed by atoms with Crippen LogP contribution in [0.4, 0.5) is 0 Å². The van der Waals surface area contributed by atoms with Crippen molar-refractivity contribution < 1.29 is 14.3 Å². The highest BCUT2D eigenvalue weighted by Crippen LogP contribution is 2.17. The van der Waals surface area contributed by atoms with E-state index in [2.05, 4.69) is 5.32 Å². The zero-order chi connectivity index (χ0) is 16.7. The number of carbonyl (C=O) groups is 1. The maximum Gasteiger partial charge on any atom is 0.244 e. The van der Waals surface area contributed by atoms with Gasteiger partial charge in [-0.3, -0.25) is 4.79 Å². The standard InChI is InChI=1S/C19H21NO3/c1-14(16-7-11-18(23-3)12-8-16)20-19(21)13-6-15-4-9-17(22-2)10-5-15/h4-14H,1-3H3,(H,20,21)/b13-6+. The minimum atomic E-state index is -0.135. The van der Waals surface area contributed by atoms with Gasteiger partial charge in [0.1, 0.15) is 11.5 Å². The third kappa shape index (κ3) is 4.88. The fraction of sp³-hybridized carbons (Fsp3) is 0.211. The van der Waals surface area contributed by atoms with Gasteiger partial charge in [-0.15, -0.1) is 0 Å². The van der Waals surface area contributed by atoms with Crippen LogP contribution in [-0.2, 0) is 4.79 Å². The fourth-order valence-electron chi connectivity index (χ4n) is 2.12. The van der Waals surface area contributed by atoms with Gasteiger partial charge in [0.25, 0.3) is 0 Å². The van der Waals surface area contributed by atoms with Crippen LogP contribution in [0.1, 0.15) is 24.1 Å². The van der Waals surface area contributed by atoms with E-state index in [1.54, 1.807) is 20.3 Å². The van der Waals surface area contributed by atoms with E-state index in [-0.39, 0.29) is 11.9 Å². The Kier molecular flexibility index (Phi) is 5.80. The molecule has 1 unspecified atom stereocenters. The third-order valence-corrected chi connectivity index (χ3v) is 3.52. The number of methoxy groups -OCH3 is 2. The molecule has 1 N–H and O–H groups in total. The lowest BCUT2D eigenvalue weighted by Crippen LogP contribution is -2.24. The van der Waals surface area contributed by atoms with Gasteiger partial charge in [-0.25, -0.2) is 0 Å². The number of rotatable bonds is 6. The minimum Gasteiger partial charge on any atom is -0.497 e. The molecule has 120 valence electrons. The number of amides is 1. The number of nitrogens with one attached hydrogen (secondary N) is 1. The van der Waals surface area contributed by atoms with E-state index in [1.165, 1.54) is 6.08 Å². The van der Waals surface area contributed by atoms with E-state index >= 15 is 0 Å². The molecule has 4 heteroatoms. The third-order valence-electron chi connectivity index (χ3n) is 3.52. The number of ether oxygens (including phenoxy) is 2. The molecule has 0 aromatic heterocycles. The van der Waals surface area contributed by atoms with E-state index in [9.17, 15) is 4.79 Å². The molecule has 4 nitrogen and oxygen atoms in total. The van der Waals surface area contributed by atoms with Gasteiger partial charge < -0.3 is 14.8 Å². The average Bonchev–Trinajstić information content (AvgIpc) is 2.60. The van der Waals surface area contributed by atoms with E-state index in [4.69, 9.17) is 9.47 Å². The molecule has 0 bridgehead atoms. The normalized spacial score (nSPS) is 12.0. The van der Waals surface area contributed by atoms with E-state index < -0.39 is 0 Å². The summed E-state index contributed by atoms with van der Waals surface area (Å²) in [5.74, 6) is 1.45. The van der Waals surface area contributed by atoms with Crippen molar-refractivity contribution in [2.75, 3.05) is 14.2 Å². The lowest BCUT2D eigenvalue weighted by atomic mass is 10.1. The SMILES string of the molecule is COc1ccc(/C=C/C(=O)NC(C)c2ccc(OC)cc2)cc1. The number of hydrogen-bond acceptors (Lipinski definition) is 3. The van der Waals surface area contributed by atoms with Crippen LogP contribution in [0, 0.1) is 0 Å². The second kappa shape index (κ2) is 8.03. The van der Waals surface area contributed by atoms with Gasteiger partial charge in [0, 0.05) is 6.08 Å². The minimum absolute atomic E-state index is 0.0751. The van der Waals surface area contributed by atoms with Crippen LogP contribution in [0.2, 0.25) is 0 Å². The maximum atomic E-state index is 12.0. The van der Waals surface area contributed by atoms with Gasteiger partial charge in [-0.2, -0.15) is 0 Å².